The van der Waals surface area contributed by atoms with E-state index in [2.05, 4.69) is 10.6 Å². The molecule has 42 heavy (non-hydrogen) atoms. The molecule has 0 atom stereocenters. The van der Waals surface area contributed by atoms with Crippen LogP contribution >= 0.6 is 0 Å². The van der Waals surface area contributed by atoms with E-state index in [1.165, 1.54) is 17.0 Å². The van der Waals surface area contributed by atoms with Crippen molar-refractivity contribution < 1.29 is 42.3 Å². The Kier molecular flexibility index (Phi) is 10.4. The number of nitrogens with one attached hydrogen (secondary N) is 1. The van der Waals surface area contributed by atoms with Gasteiger partial charge in [-0.2, -0.15) is 13.2 Å². The number of nitrogens with zero attached hydrogens (tertiary/aromatic N) is 2. The molecule has 0 saturated carbocycles. The predicted molar refractivity (Wildman–Crippen MR) is 147 cm³/mol. The summed E-state index contributed by atoms with van der Waals surface area (Å²) in [5.41, 5.74) is 4.48. The van der Waals surface area contributed by atoms with Crippen molar-refractivity contribution >= 4 is 17.7 Å². The highest BCUT2D eigenvalue weighted by atomic mass is 19.4. The van der Waals surface area contributed by atoms with E-state index in [4.69, 9.17) is 19.5 Å². The Bertz CT molecular complexity index is 1340. The Balaban J connectivity index is 1.31. The van der Waals surface area contributed by atoms with Crippen molar-refractivity contribution in [2.45, 2.75) is 38.1 Å². The second-order valence-corrected chi connectivity index (χ2v) is 9.59. The van der Waals surface area contributed by atoms with Gasteiger partial charge in [0.2, 0.25) is 0 Å². The van der Waals surface area contributed by atoms with Crippen molar-refractivity contribution in [2.75, 3.05) is 19.7 Å². The number of carboxylic acid groups (broad SMARTS) is 1. The molecule has 0 spiro atoms. The predicted octanol–water partition coefficient (Wildman–Crippen LogP) is 5.44. The Labute approximate surface area is 240 Å². The van der Waals surface area contributed by atoms with Gasteiger partial charge in [0.05, 0.1) is 17.4 Å². The van der Waals surface area contributed by atoms with Crippen molar-refractivity contribution in [3.8, 4) is 5.75 Å². The van der Waals surface area contributed by atoms with Crippen LogP contribution in [0, 0.1) is 0 Å². The molecular formula is C30H30F3N3O6. The lowest BCUT2D eigenvalue weighted by Gasteiger charge is -2.29. The summed E-state index contributed by atoms with van der Waals surface area (Å²) >= 11 is 0. The molecule has 0 bridgehead atoms. The standard InChI is InChI=1S/C30H30F3N3O6/c31-30(32,33)24-10-6-22(7-11-24)19-41-34-27(18-21-4-2-1-3-5-21)23-8-12-25(13-9-23)40-20-28(37)35-42-26-14-16-36(17-15-26)29(38)39/h1-13,26H,14-20H2,(H,35,37)(H,38,39)/b34-27+. The van der Waals surface area contributed by atoms with Crippen LogP contribution in [-0.4, -0.2) is 53.5 Å². The van der Waals surface area contributed by atoms with Crippen LogP contribution in [0.1, 0.15) is 35.1 Å². The second-order valence-electron chi connectivity index (χ2n) is 9.59. The highest BCUT2D eigenvalue weighted by Gasteiger charge is 2.30. The van der Waals surface area contributed by atoms with E-state index >= 15 is 0 Å². The fourth-order valence-corrected chi connectivity index (χ4v) is 4.19. The molecule has 0 unspecified atom stereocenters. The third-order valence-corrected chi connectivity index (χ3v) is 6.51. The molecule has 2 amide bonds. The molecule has 1 heterocycles. The Morgan fingerprint density at radius 2 is 1.60 bits per heavy atom. The van der Waals surface area contributed by atoms with Gasteiger partial charge in [0, 0.05) is 19.5 Å². The summed E-state index contributed by atoms with van der Waals surface area (Å²) in [6.07, 6.45) is -4.24. The van der Waals surface area contributed by atoms with Crippen LogP contribution in [0.5, 0.6) is 5.75 Å². The Morgan fingerprint density at radius 1 is 0.929 bits per heavy atom. The third kappa shape index (κ3) is 9.23. The number of amides is 2. The summed E-state index contributed by atoms with van der Waals surface area (Å²) in [6, 6.07) is 21.2. The molecule has 1 fully saturated rings. The number of alkyl halides is 3. The molecule has 1 aliphatic heterocycles. The molecule has 0 aromatic heterocycles. The van der Waals surface area contributed by atoms with Crippen LogP contribution < -0.4 is 10.2 Å². The summed E-state index contributed by atoms with van der Waals surface area (Å²) in [7, 11) is 0. The monoisotopic (exact) mass is 585 g/mol. The van der Waals surface area contributed by atoms with E-state index in [0.717, 1.165) is 23.3 Å². The maximum absolute atomic E-state index is 12.8. The quantitative estimate of drug-likeness (QED) is 0.229. The van der Waals surface area contributed by atoms with Gasteiger partial charge in [-0.1, -0.05) is 47.6 Å². The molecule has 9 nitrogen and oxygen atoms in total. The van der Waals surface area contributed by atoms with E-state index in [1.54, 1.807) is 24.3 Å². The summed E-state index contributed by atoms with van der Waals surface area (Å²) in [4.78, 5) is 35.3. The highest BCUT2D eigenvalue weighted by molar-refractivity contribution is 6.01. The van der Waals surface area contributed by atoms with Gasteiger partial charge in [-0.3, -0.25) is 9.63 Å². The largest absolute Gasteiger partial charge is 0.484 e. The maximum Gasteiger partial charge on any atom is 0.416 e. The molecule has 222 valence electrons. The van der Waals surface area contributed by atoms with Crippen LogP contribution in [0.15, 0.2) is 84.0 Å². The van der Waals surface area contributed by atoms with Crippen LogP contribution in [0.4, 0.5) is 18.0 Å². The number of halogens is 3. The van der Waals surface area contributed by atoms with E-state index in [9.17, 15) is 22.8 Å². The third-order valence-electron chi connectivity index (χ3n) is 6.51. The molecule has 4 rings (SSSR count). The SMILES string of the molecule is O=C(COc1ccc(/C(Cc2ccccc2)=N/OCc2ccc(C(F)(F)F)cc2)cc1)NOC1CCN(C(=O)O)CC1. The van der Waals surface area contributed by atoms with Crippen molar-refractivity contribution in [1.29, 1.82) is 0 Å². The number of hydrogen-bond donors (Lipinski definition) is 2. The number of ether oxygens (including phenoxy) is 1. The average Bonchev–Trinajstić information content (AvgIpc) is 2.99. The van der Waals surface area contributed by atoms with E-state index < -0.39 is 23.7 Å². The zero-order valence-electron chi connectivity index (χ0n) is 22.5. The van der Waals surface area contributed by atoms with Crippen LogP contribution in [0.25, 0.3) is 0 Å². The number of benzene rings is 3. The van der Waals surface area contributed by atoms with Gasteiger partial charge in [-0.25, -0.2) is 10.3 Å². The molecule has 2 N–H and O–H groups in total. The molecule has 1 saturated heterocycles. The van der Waals surface area contributed by atoms with Crippen molar-refractivity contribution in [3.05, 3.63) is 101 Å². The topological polar surface area (TPSA) is 110 Å². The molecule has 3 aromatic carbocycles. The van der Waals surface area contributed by atoms with Gasteiger partial charge in [0.1, 0.15) is 12.4 Å². The molecule has 12 heteroatoms. The van der Waals surface area contributed by atoms with E-state index in [0.29, 0.717) is 49.4 Å². The van der Waals surface area contributed by atoms with Gasteiger partial charge in [0.25, 0.3) is 5.91 Å². The smallest absolute Gasteiger partial charge is 0.416 e. The van der Waals surface area contributed by atoms with Crippen molar-refractivity contribution in [3.63, 3.8) is 0 Å². The normalized spacial score (nSPS) is 14.4. The molecule has 0 aliphatic carbocycles. The summed E-state index contributed by atoms with van der Waals surface area (Å²) in [6.45, 7) is 0.394. The fourth-order valence-electron chi connectivity index (χ4n) is 4.19. The van der Waals surface area contributed by atoms with E-state index in [1.807, 2.05) is 30.3 Å². The lowest BCUT2D eigenvalue weighted by atomic mass is 10.0. The van der Waals surface area contributed by atoms with Crippen molar-refractivity contribution in [2.24, 2.45) is 5.16 Å². The Hall–Kier alpha value is -4.58. The van der Waals surface area contributed by atoms with Crippen LogP contribution in [-0.2, 0) is 33.7 Å². The number of hydroxylamine groups is 1. The van der Waals surface area contributed by atoms with Gasteiger partial charge >= 0.3 is 12.3 Å². The number of piperidine rings is 1. The van der Waals surface area contributed by atoms with Crippen LogP contribution in [0.2, 0.25) is 0 Å². The zero-order chi connectivity index (χ0) is 30.0. The first kappa shape index (κ1) is 30.4. The highest BCUT2D eigenvalue weighted by Crippen LogP contribution is 2.29. The number of likely N-dealkylation sites (tertiary alicyclic amines) is 1. The minimum absolute atomic E-state index is 0.00647. The molecule has 0 radical (unpaired) electrons. The maximum atomic E-state index is 12.8. The lowest BCUT2D eigenvalue weighted by molar-refractivity contribution is -0.142. The number of carbonyl (C=O) groups excluding carboxylic acids is 1. The number of rotatable bonds is 11. The molecule has 1 aliphatic rings. The van der Waals surface area contributed by atoms with Gasteiger partial charge in [0.15, 0.2) is 6.61 Å². The lowest BCUT2D eigenvalue weighted by Crippen LogP contribution is -2.42. The first-order valence-corrected chi connectivity index (χ1v) is 13.2. The van der Waals surface area contributed by atoms with Crippen LogP contribution in [0.3, 0.4) is 0 Å². The second kappa shape index (κ2) is 14.4. The minimum atomic E-state index is -4.41. The summed E-state index contributed by atoms with van der Waals surface area (Å²) in [5, 5.41) is 13.3. The average molecular weight is 586 g/mol. The number of oxime groups is 1. The van der Waals surface area contributed by atoms with Crippen molar-refractivity contribution in [1.82, 2.24) is 10.4 Å². The molecule has 3 aromatic rings. The fraction of sp³-hybridized carbons (Fsp3) is 0.300. The first-order valence-electron chi connectivity index (χ1n) is 13.2. The van der Waals surface area contributed by atoms with Gasteiger partial charge < -0.3 is 19.6 Å². The first-order chi connectivity index (χ1) is 20.2. The number of carbonyl (C=O) groups is 2. The summed E-state index contributed by atoms with van der Waals surface area (Å²) < 4.78 is 44.0. The van der Waals surface area contributed by atoms with Gasteiger partial charge in [-0.15, -0.1) is 0 Å². The summed E-state index contributed by atoms with van der Waals surface area (Å²) in [5.74, 6) is -0.0452. The minimum Gasteiger partial charge on any atom is -0.484 e. The van der Waals surface area contributed by atoms with E-state index in [-0.39, 0.29) is 19.3 Å². The van der Waals surface area contributed by atoms with Gasteiger partial charge in [-0.05, 0) is 65.9 Å². The number of hydrogen-bond acceptors (Lipinski definition) is 6. The molecular weight excluding hydrogens is 555 g/mol. The zero-order valence-corrected chi connectivity index (χ0v) is 22.5. The Morgan fingerprint density at radius 3 is 2.21 bits per heavy atom.